The molecule has 0 aromatic heterocycles. The fourth-order valence-electron chi connectivity index (χ4n) is 0.580. The second-order valence-electron chi connectivity index (χ2n) is 2.24. The van der Waals surface area contributed by atoms with Crippen LogP contribution >= 0.6 is 0 Å². The predicted molar refractivity (Wildman–Crippen MR) is 42.2 cm³/mol. The van der Waals surface area contributed by atoms with E-state index in [-0.39, 0.29) is 19.2 Å². The highest BCUT2D eigenvalue weighted by atomic mass is 16.6. The van der Waals surface area contributed by atoms with Crippen LogP contribution < -0.4 is 0 Å². The molecule has 0 rings (SSSR count). The number of ether oxygens (including phenoxy) is 2. The molecule has 0 saturated heterocycles. The molecule has 0 aliphatic heterocycles. The predicted octanol–water partition coefficient (Wildman–Crippen LogP) is 0.777. The molecule has 4 heteroatoms. The van der Waals surface area contributed by atoms with Crippen LogP contribution in [0.1, 0.15) is 19.8 Å². The summed E-state index contributed by atoms with van der Waals surface area (Å²) in [6.45, 7) is 2.74. The molecule has 0 amide bonds. The number of carbonyl (C=O) groups excluding carboxylic acids is 1. The lowest BCUT2D eigenvalue weighted by Gasteiger charge is -2.03. The molecule has 0 aromatic carbocycles. The van der Waals surface area contributed by atoms with Crippen molar-refractivity contribution in [2.45, 2.75) is 19.8 Å². The van der Waals surface area contributed by atoms with Gasteiger partial charge in [0, 0.05) is 13.0 Å². The summed E-state index contributed by atoms with van der Waals surface area (Å²) in [6, 6.07) is 0. The molecule has 12 heavy (non-hydrogen) atoms. The lowest BCUT2D eigenvalue weighted by molar-refractivity contribution is -0.144. The Bertz CT molecular complexity index is 114. The lowest BCUT2D eigenvalue weighted by atomic mass is 10.5. The van der Waals surface area contributed by atoms with Crippen molar-refractivity contribution in [2.75, 3.05) is 26.4 Å². The van der Waals surface area contributed by atoms with Crippen molar-refractivity contribution < 1.29 is 19.4 Å². The van der Waals surface area contributed by atoms with Gasteiger partial charge in [-0.15, -0.1) is 0 Å². The molecule has 0 fully saturated rings. The minimum absolute atomic E-state index is 0.116. The van der Waals surface area contributed by atoms with Gasteiger partial charge < -0.3 is 9.47 Å². The fraction of sp³-hybridized carbons (Fsp3) is 0.875. The largest absolute Gasteiger partial charge is 0.463 e. The van der Waals surface area contributed by atoms with Gasteiger partial charge in [-0.25, -0.2) is 5.11 Å². The second kappa shape index (κ2) is 8.49. The number of hydrogen-bond acceptors (Lipinski definition) is 3. The molecule has 71 valence electrons. The van der Waals surface area contributed by atoms with E-state index in [9.17, 15) is 9.90 Å². The number of esters is 1. The van der Waals surface area contributed by atoms with Gasteiger partial charge in [0.15, 0.2) is 0 Å². The van der Waals surface area contributed by atoms with Crippen LogP contribution in [-0.2, 0) is 19.4 Å². The average Bonchev–Trinajstić information content (AvgIpc) is 2.10. The first-order chi connectivity index (χ1) is 5.81. The Morgan fingerprint density at radius 1 is 1.25 bits per heavy atom. The zero-order chi connectivity index (χ0) is 9.23. The summed E-state index contributed by atoms with van der Waals surface area (Å²) in [5.74, 6) is -0.220. The van der Waals surface area contributed by atoms with Crippen LogP contribution in [-0.4, -0.2) is 32.4 Å². The van der Waals surface area contributed by atoms with Gasteiger partial charge in [0.1, 0.15) is 6.61 Å². The van der Waals surface area contributed by atoms with Gasteiger partial charge >= 0.3 is 5.97 Å². The summed E-state index contributed by atoms with van der Waals surface area (Å²) in [6.07, 6.45) is 0.905. The average molecular weight is 175 g/mol. The SMILES string of the molecule is CCC(=O)OCCOCCC[O]. The van der Waals surface area contributed by atoms with Crippen molar-refractivity contribution in [1.29, 1.82) is 0 Å². The number of rotatable bonds is 7. The van der Waals surface area contributed by atoms with E-state index < -0.39 is 0 Å². The highest BCUT2D eigenvalue weighted by molar-refractivity contribution is 5.68. The molecule has 0 heterocycles. The number of carbonyl (C=O) groups is 1. The first-order valence-electron chi connectivity index (χ1n) is 4.12. The third-order valence-electron chi connectivity index (χ3n) is 1.21. The van der Waals surface area contributed by atoms with Crippen molar-refractivity contribution in [3.8, 4) is 0 Å². The molecule has 0 aliphatic carbocycles. The van der Waals surface area contributed by atoms with E-state index in [4.69, 9.17) is 9.47 Å². The third kappa shape index (κ3) is 7.50. The minimum Gasteiger partial charge on any atom is -0.463 e. The summed E-state index contributed by atoms with van der Waals surface area (Å²) in [7, 11) is 0. The van der Waals surface area contributed by atoms with Gasteiger partial charge in [0.05, 0.1) is 13.2 Å². The van der Waals surface area contributed by atoms with Crippen LogP contribution in [0.3, 0.4) is 0 Å². The Kier molecular flexibility index (Phi) is 8.05. The Morgan fingerprint density at radius 3 is 2.58 bits per heavy atom. The van der Waals surface area contributed by atoms with Crippen LogP contribution in [0.15, 0.2) is 0 Å². The molecule has 0 N–H and O–H groups in total. The topological polar surface area (TPSA) is 55.4 Å². The molecule has 0 saturated carbocycles. The summed E-state index contributed by atoms with van der Waals surface area (Å²) in [5, 5.41) is 9.95. The highest BCUT2D eigenvalue weighted by Gasteiger charge is 1.96. The molecular weight excluding hydrogens is 160 g/mol. The van der Waals surface area contributed by atoms with Gasteiger partial charge in [0.2, 0.25) is 0 Å². The molecule has 1 radical (unpaired) electrons. The van der Waals surface area contributed by atoms with E-state index in [2.05, 4.69) is 0 Å². The van der Waals surface area contributed by atoms with Crippen molar-refractivity contribution in [3.63, 3.8) is 0 Å². The van der Waals surface area contributed by atoms with Crippen molar-refractivity contribution in [3.05, 3.63) is 0 Å². The van der Waals surface area contributed by atoms with Gasteiger partial charge in [-0.3, -0.25) is 4.79 Å². The fourth-order valence-corrected chi connectivity index (χ4v) is 0.580. The first kappa shape index (κ1) is 11.4. The Labute approximate surface area is 72.5 Å². The third-order valence-corrected chi connectivity index (χ3v) is 1.21. The smallest absolute Gasteiger partial charge is 0.305 e. The van der Waals surface area contributed by atoms with Crippen LogP contribution in [0.4, 0.5) is 0 Å². The van der Waals surface area contributed by atoms with E-state index in [0.717, 1.165) is 0 Å². The molecule has 0 aliphatic rings. The monoisotopic (exact) mass is 175 g/mol. The molecule has 0 spiro atoms. The maximum absolute atomic E-state index is 10.6. The molecule has 0 bridgehead atoms. The molecule has 0 unspecified atom stereocenters. The van der Waals surface area contributed by atoms with Crippen LogP contribution in [0.25, 0.3) is 0 Å². The molecule has 0 atom stereocenters. The molecule has 0 aromatic rings. The van der Waals surface area contributed by atoms with E-state index >= 15 is 0 Å². The van der Waals surface area contributed by atoms with Crippen LogP contribution in [0.5, 0.6) is 0 Å². The van der Waals surface area contributed by atoms with Gasteiger partial charge in [-0.2, -0.15) is 0 Å². The standard InChI is InChI=1S/C8H15O4/c1-2-8(10)12-7-6-11-5-3-4-9/h2-7H2,1H3. The minimum atomic E-state index is -0.220. The Morgan fingerprint density at radius 2 is 2.00 bits per heavy atom. The van der Waals surface area contributed by atoms with Crippen molar-refractivity contribution in [2.24, 2.45) is 0 Å². The Balaban J connectivity index is 2.95. The summed E-state index contributed by atoms with van der Waals surface area (Å²) in [5.41, 5.74) is 0. The molecule has 4 nitrogen and oxygen atoms in total. The maximum Gasteiger partial charge on any atom is 0.305 e. The Hall–Kier alpha value is -0.610. The van der Waals surface area contributed by atoms with E-state index in [1.807, 2.05) is 0 Å². The van der Waals surface area contributed by atoms with E-state index in [1.165, 1.54) is 0 Å². The summed E-state index contributed by atoms with van der Waals surface area (Å²) >= 11 is 0. The zero-order valence-electron chi connectivity index (χ0n) is 7.38. The maximum atomic E-state index is 10.6. The van der Waals surface area contributed by atoms with E-state index in [0.29, 0.717) is 26.1 Å². The van der Waals surface area contributed by atoms with Gasteiger partial charge in [-0.05, 0) is 6.42 Å². The van der Waals surface area contributed by atoms with Crippen LogP contribution in [0.2, 0.25) is 0 Å². The summed E-state index contributed by atoms with van der Waals surface area (Å²) in [4.78, 5) is 10.6. The lowest BCUT2D eigenvalue weighted by Crippen LogP contribution is -2.10. The van der Waals surface area contributed by atoms with Crippen molar-refractivity contribution in [1.82, 2.24) is 0 Å². The van der Waals surface area contributed by atoms with E-state index in [1.54, 1.807) is 6.92 Å². The van der Waals surface area contributed by atoms with Gasteiger partial charge in [0.25, 0.3) is 0 Å². The van der Waals surface area contributed by atoms with Crippen molar-refractivity contribution >= 4 is 5.97 Å². The zero-order valence-corrected chi connectivity index (χ0v) is 7.38. The first-order valence-corrected chi connectivity index (χ1v) is 4.12. The second-order valence-corrected chi connectivity index (χ2v) is 2.24. The number of hydrogen-bond donors (Lipinski definition) is 0. The quantitative estimate of drug-likeness (QED) is 0.424. The van der Waals surface area contributed by atoms with Gasteiger partial charge in [-0.1, -0.05) is 6.92 Å². The molecular formula is C8H15O4. The normalized spacial score (nSPS) is 9.83. The summed E-state index contributed by atoms with van der Waals surface area (Å²) < 4.78 is 9.72. The highest BCUT2D eigenvalue weighted by Crippen LogP contribution is 1.86. The van der Waals surface area contributed by atoms with Crippen LogP contribution in [0, 0.1) is 0 Å².